The molecule has 0 aromatic heterocycles. The van der Waals surface area contributed by atoms with Gasteiger partial charge < -0.3 is 14.8 Å². The van der Waals surface area contributed by atoms with Gasteiger partial charge in [-0.1, -0.05) is 66.4 Å². The Labute approximate surface area is 253 Å². The van der Waals surface area contributed by atoms with Crippen LogP contribution in [-0.2, 0) is 27.8 Å². The Kier molecular flexibility index (Phi) is 11.6. The fourth-order valence-corrected chi connectivity index (χ4v) is 5.95. The van der Waals surface area contributed by atoms with Crippen LogP contribution in [0, 0.1) is 0 Å². The minimum atomic E-state index is -3.75. The molecular formula is C28H37Br2N2O7P. The molecule has 0 saturated heterocycles. The number of hydrogen-bond donors (Lipinski definition) is 1. The van der Waals surface area contributed by atoms with Crippen LogP contribution in [-0.4, -0.2) is 53.2 Å². The number of aliphatic hydroxyl groups excluding tert-OH is 1. The Hall–Kier alpha value is -1.59. The molecule has 2 aromatic rings. The molecule has 12 heteroatoms. The quantitative estimate of drug-likeness (QED) is 0.282. The normalized spacial score (nSPS) is 19.2. The lowest BCUT2D eigenvalue weighted by atomic mass is 10.1. The summed E-state index contributed by atoms with van der Waals surface area (Å²) in [5.74, 6) is 0. The molecule has 9 nitrogen and oxygen atoms in total. The van der Waals surface area contributed by atoms with E-state index < -0.39 is 19.0 Å². The zero-order valence-electron chi connectivity index (χ0n) is 23.6. The highest BCUT2D eigenvalue weighted by Crippen LogP contribution is 2.55. The Balaban J connectivity index is 0.000000263. The molecule has 2 heterocycles. The zero-order chi connectivity index (χ0) is 29.6. The van der Waals surface area contributed by atoms with Gasteiger partial charge in [0.05, 0.1) is 35.8 Å². The number of phosphoric acid groups is 1. The van der Waals surface area contributed by atoms with Crippen molar-refractivity contribution in [3.63, 3.8) is 0 Å². The molecule has 2 atom stereocenters. The Bertz CT molecular complexity index is 1200. The third-order valence-corrected chi connectivity index (χ3v) is 8.28. The number of benzene rings is 2. The first-order valence-corrected chi connectivity index (χ1v) is 15.9. The van der Waals surface area contributed by atoms with Crippen LogP contribution in [0.1, 0.15) is 65.5 Å². The number of phosphoric ester groups is 1. The molecule has 0 saturated carbocycles. The summed E-state index contributed by atoms with van der Waals surface area (Å²) in [7, 11) is -3.75. The Morgan fingerprint density at radius 3 is 1.57 bits per heavy atom. The van der Waals surface area contributed by atoms with Gasteiger partial charge in [0.25, 0.3) is 0 Å². The lowest BCUT2D eigenvalue weighted by Gasteiger charge is -2.31. The zero-order valence-corrected chi connectivity index (χ0v) is 27.7. The summed E-state index contributed by atoms with van der Waals surface area (Å²) in [5.41, 5.74) is 2.41. The predicted octanol–water partition coefficient (Wildman–Crippen LogP) is 7.63. The van der Waals surface area contributed by atoms with Gasteiger partial charge in [-0.25, -0.2) is 4.57 Å². The van der Waals surface area contributed by atoms with E-state index in [1.807, 2.05) is 48.5 Å². The van der Waals surface area contributed by atoms with E-state index in [1.54, 1.807) is 41.5 Å². The minimum absolute atomic E-state index is 0.0174. The third-order valence-electron chi connectivity index (χ3n) is 5.21. The number of hydrogen-bond acceptors (Lipinski definition) is 9. The molecule has 2 aromatic carbocycles. The van der Waals surface area contributed by atoms with Crippen molar-refractivity contribution >= 4 is 51.1 Å². The Morgan fingerprint density at radius 1 is 0.800 bits per heavy atom. The van der Waals surface area contributed by atoms with E-state index >= 15 is 0 Å². The van der Waals surface area contributed by atoms with Crippen LogP contribution in [0.25, 0.3) is 0 Å². The third kappa shape index (κ3) is 11.0. The molecular weight excluding hydrogens is 667 g/mol. The molecule has 2 unspecified atom stereocenters. The van der Waals surface area contributed by atoms with E-state index in [4.69, 9.17) is 28.4 Å². The first kappa shape index (κ1) is 32.9. The van der Waals surface area contributed by atoms with Gasteiger partial charge in [0.1, 0.15) is 0 Å². The predicted molar refractivity (Wildman–Crippen MR) is 163 cm³/mol. The molecule has 2 aliphatic rings. The Morgan fingerprint density at radius 2 is 1.20 bits per heavy atom. The van der Waals surface area contributed by atoms with Crippen molar-refractivity contribution in [2.75, 3.05) is 13.2 Å². The highest BCUT2D eigenvalue weighted by molar-refractivity contribution is 9.10. The van der Waals surface area contributed by atoms with Gasteiger partial charge in [-0.15, -0.1) is 0 Å². The van der Waals surface area contributed by atoms with Gasteiger partial charge in [0.15, 0.2) is 12.2 Å². The molecule has 0 amide bonds. The lowest BCUT2D eigenvalue weighted by Crippen LogP contribution is -2.26. The van der Waals surface area contributed by atoms with Crippen LogP contribution in [0.15, 0.2) is 67.8 Å². The lowest BCUT2D eigenvalue weighted by molar-refractivity contribution is -0.0191. The first-order chi connectivity index (χ1) is 18.6. The summed E-state index contributed by atoms with van der Waals surface area (Å²) in [4.78, 5) is 10.5. The fourth-order valence-electron chi connectivity index (χ4n) is 3.59. The van der Waals surface area contributed by atoms with Crippen molar-refractivity contribution in [1.82, 2.24) is 0 Å². The van der Waals surface area contributed by atoms with Crippen molar-refractivity contribution in [2.24, 2.45) is 10.3 Å². The van der Waals surface area contributed by atoms with Crippen molar-refractivity contribution in [3.05, 3.63) is 68.6 Å². The molecule has 1 N–H and O–H groups in total. The number of oxime groups is 2. The molecule has 0 bridgehead atoms. The summed E-state index contributed by atoms with van der Waals surface area (Å²) in [6, 6.07) is 15.7. The standard InChI is InChI=1S/C18H27BrNO5P.C10H10BrNO2/c1-17(2,3)24-26(21,25-18(4,5)6)22-12-15-11-16(20-23-15)13-7-9-14(19)10-8-13;11-8-3-1-7(2-4-8)10-5-9(6-13)14-12-10/h7-10,15H,11-12H2,1-6H3;1-4,9,13H,5-6H2. The highest BCUT2D eigenvalue weighted by Gasteiger charge is 2.38. The van der Waals surface area contributed by atoms with E-state index in [1.165, 1.54) is 0 Å². The summed E-state index contributed by atoms with van der Waals surface area (Å²) in [6.45, 7) is 10.9. The van der Waals surface area contributed by atoms with E-state index in [9.17, 15) is 4.57 Å². The molecule has 0 aliphatic carbocycles. The van der Waals surface area contributed by atoms with Crippen LogP contribution in [0.4, 0.5) is 0 Å². The average Bonchev–Trinajstić information content (AvgIpc) is 3.52. The number of rotatable bonds is 8. The molecule has 0 radical (unpaired) electrons. The van der Waals surface area contributed by atoms with Crippen molar-refractivity contribution in [1.29, 1.82) is 0 Å². The van der Waals surface area contributed by atoms with Crippen molar-refractivity contribution in [3.8, 4) is 0 Å². The van der Waals surface area contributed by atoms with Crippen LogP contribution in [0.3, 0.4) is 0 Å². The summed E-state index contributed by atoms with van der Waals surface area (Å²) in [6.07, 6.45) is 0.730. The first-order valence-electron chi connectivity index (χ1n) is 12.9. The summed E-state index contributed by atoms with van der Waals surface area (Å²) in [5, 5.41) is 16.9. The molecule has 0 fully saturated rings. The smallest absolute Gasteiger partial charge is 0.392 e. The highest BCUT2D eigenvalue weighted by atomic mass is 79.9. The maximum atomic E-state index is 13.0. The molecule has 220 valence electrons. The van der Waals surface area contributed by atoms with E-state index in [-0.39, 0.29) is 25.4 Å². The van der Waals surface area contributed by atoms with Gasteiger partial charge in [-0.05, 0) is 76.9 Å². The largest absolute Gasteiger partial charge is 0.475 e. The number of halogens is 2. The van der Waals surface area contributed by atoms with Crippen molar-refractivity contribution in [2.45, 2.75) is 77.8 Å². The molecule has 2 aliphatic heterocycles. The van der Waals surface area contributed by atoms with Crippen molar-refractivity contribution < 1.29 is 32.9 Å². The average molecular weight is 704 g/mol. The van der Waals surface area contributed by atoms with E-state index in [2.05, 4.69) is 42.2 Å². The number of nitrogens with zero attached hydrogens (tertiary/aromatic N) is 2. The minimum Gasteiger partial charge on any atom is -0.392 e. The summed E-state index contributed by atoms with van der Waals surface area (Å²) >= 11 is 6.78. The van der Waals surface area contributed by atoms with Crippen LogP contribution in [0.2, 0.25) is 0 Å². The second-order valence-corrected chi connectivity index (χ2v) is 14.6. The van der Waals surface area contributed by atoms with Gasteiger partial charge >= 0.3 is 7.82 Å². The summed E-state index contributed by atoms with van der Waals surface area (Å²) < 4.78 is 31.8. The molecule has 40 heavy (non-hydrogen) atoms. The van der Waals surface area contributed by atoms with Crippen LogP contribution >= 0.6 is 39.7 Å². The van der Waals surface area contributed by atoms with Gasteiger partial charge in [-0.3, -0.25) is 13.6 Å². The maximum absolute atomic E-state index is 13.0. The molecule has 0 spiro atoms. The topological polar surface area (TPSA) is 108 Å². The second kappa shape index (κ2) is 14.1. The molecule has 4 rings (SSSR count). The second-order valence-electron chi connectivity index (χ2n) is 11.3. The van der Waals surface area contributed by atoms with Gasteiger partial charge in [0.2, 0.25) is 0 Å². The SMILES string of the molecule is CC(C)(C)OP(=O)(OCC1CC(c2ccc(Br)cc2)=NO1)OC(C)(C)C.OCC1CC(c2ccc(Br)cc2)=NO1. The van der Waals surface area contributed by atoms with Gasteiger partial charge in [0, 0.05) is 21.8 Å². The fraction of sp³-hybridized carbons (Fsp3) is 0.500. The van der Waals surface area contributed by atoms with Crippen LogP contribution in [0.5, 0.6) is 0 Å². The van der Waals surface area contributed by atoms with E-state index in [0.29, 0.717) is 12.8 Å². The van der Waals surface area contributed by atoms with Gasteiger partial charge in [-0.2, -0.15) is 0 Å². The number of aliphatic hydroxyl groups is 1. The maximum Gasteiger partial charge on any atom is 0.475 e. The van der Waals surface area contributed by atoms with Crippen LogP contribution < -0.4 is 0 Å². The van der Waals surface area contributed by atoms with E-state index in [0.717, 1.165) is 31.5 Å². The monoisotopic (exact) mass is 702 g/mol.